The maximum atomic E-state index is 8.36. The molecule has 0 fully saturated rings. The molecule has 0 bridgehead atoms. The van der Waals surface area contributed by atoms with Gasteiger partial charge in [0.05, 0.1) is 0 Å². The Morgan fingerprint density at radius 3 is 2.00 bits per heavy atom. The van der Waals surface area contributed by atoms with Gasteiger partial charge in [0.15, 0.2) is 0 Å². The molecule has 42 valence electrons. The zero-order valence-electron chi connectivity index (χ0n) is 4.42. The molecule has 7 heavy (non-hydrogen) atoms. The largest absolute Gasteiger partial charge is 0.483 e. The molecule has 0 radical (unpaired) electrons. The fraction of sp³-hybridized carbons (Fsp3) is 0.400. The highest BCUT2D eigenvalue weighted by molar-refractivity contribution is 5.32. The van der Waals surface area contributed by atoms with E-state index in [0.717, 1.165) is 6.42 Å². The zero-order valence-corrected chi connectivity index (χ0v) is 4.42. The van der Waals surface area contributed by atoms with Crippen LogP contribution in [-0.4, -0.2) is 11.6 Å². The Bertz CT molecular complexity index is 41.3. The van der Waals surface area contributed by atoms with Crippen LogP contribution < -0.4 is 0 Å². The highest BCUT2D eigenvalue weighted by atomic mass is 16.3. The number of rotatable bonds is 1. The fourth-order valence-electron chi connectivity index (χ4n) is 0. The molecule has 0 heterocycles. The van der Waals surface area contributed by atoms with Crippen molar-refractivity contribution in [3.8, 4) is 0 Å². The molecular weight excluding hydrogens is 92.1 g/mol. The number of allylic oxidation sites excluding steroid dienone is 1. The molecule has 0 amide bonds. The van der Waals surface area contributed by atoms with E-state index >= 15 is 0 Å². The number of carboxylic acid groups (broad SMARTS) is 1. The lowest BCUT2D eigenvalue weighted by Crippen LogP contribution is -1.49. The van der Waals surface area contributed by atoms with Crippen molar-refractivity contribution < 1.29 is 9.90 Å². The maximum absolute atomic E-state index is 8.36. The molecule has 0 atom stereocenters. The summed E-state index contributed by atoms with van der Waals surface area (Å²) in [5.41, 5.74) is 0. The van der Waals surface area contributed by atoms with Crippen molar-refractivity contribution in [3.05, 3.63) is 12.7 Å². The van der Waals surface area contributed by atoms with Crippen LogP contribution >= 0.6 is 0 Å². The van der Waals surface area contributed by atoms with Crippen molar-refractivity contribution in [3.63, 3.8) is 0 Å². The van der Waals surface area contributed by atoms with Gasteiger partial charge in [0.1, 0.15) is 0 Å². The van der Waals surface area contributed by atoms with Crippen LogP contribution in [0.4, 0.5) is 0 Å². The zero-order chi connectivity index (χ0) is 6.12. The van der Waals surface area contributed by atoms with E-state index in [4.69, 9.17) is 9.90 Å². The van der Waals surface area contributed by atoms with Gasteiger partial charge >= 0.3 is 0 Å². The van der Waals surface area contributed by atoms with E-state index in [9.17, 15) is 0 Å². The summed E-state index contributed by atoms with van der Waals surface area (Å²) >= 11 is 0. The minimum atomic E-state index is -0.250. The quantitative estimate of drug-likeness (QED) is 0.400. The van der Waals surface area contributed by atoms with Gasteiger partial charge in [-0.2, -0.15) is 0 Å². The molecule has 0 spiro atoms. The van der Waals surface area contributed by atoms with Gasteiger partial charge in [-0.15, -0.1) is 6.58 Å². The molecule has 2 nitrogen and oxygen atoms in total. The minimum Gasteiger partial charge on any atom is -0.483 e. The molecule has 0 rings (SSSR count). The van der Waals surface area contributed by atoms with Crippen LogP contribution in [0.2, 0.25) is 0 Å². The van der Waals surface area contributed by atoms with E-state index in [-0.39, 0.29) is 6.47 Å². The van der Waals surface area contributed by atoms with Crippen molar-refractivity contribution >= 4 is 6.47 Å². The van der Waals surface area contributed by atoms with Crippen molar-refractivity contribution in [2.45, 2.75) is 13.3 Å². The standard InChI is InChI=1S/C4H8.CH2O2/c1-3-4-2;2-1-3/h3H,1,4H2,2H3;1H,(H,2,3). The fourth-order valence-corrected chi connectivity index (χ4v) is 0. The first-order valence-corrected chi connectivity index (χ1v) is 2.02. The van der Waals surface area contributed by atoms with Crippen LogP contribution in [0.15, 0.2) is 12.7 Å². The Hall–Kier alpha value is -0.790. The normalized spacial score (nSPS) is 5.29. The minimum absolute atomic E-state index is 0.250. The molecule has 0 saturated carbocycles. The SMILES string of the molecule is C=CCC.O=CO. The third-order valence-electron chi connectivity index (χ3n) is 0.289. The molecular formula is C5H10O2. The van der Waals surface area contributed by atoms with Gasteiger partial charge in [-0.1, -0.05) is 13.0 Å². The summed E-state index contributed by atoms with van der Waals surface area (Å²) in [6.45, 7) is 5.29. The maximum Gasteiger partial charge on any atom is 0.290 e. The lowest BCUT2D eigenvalue weighted by molar-refractivity contribution is -0.122. The Labute approximate surface area is 43.5 Å². The van der Waals surface area contributed by atoms with E-state index in [2.05, 4.69) is 13.5 Å². The molecule has 0 unspecified atom stereocenters. The lowest BCUT2D eigenvalue weighted by atomic mass is 10.5. The number of carbonyl (C=O) groups is 1. The molecule has 0 aromatic heterocycles. The Kier molecular flexibility index (Phi) is 25.7. The van der Waals surface area contributed by atoms with Gasteiger partial charge in [-0.05, 0) is 6.42 Å². The Balaban J connectivity index is 0. The van der Waals surface area contributed by atoms with Crippen molar-refractivity contribution in [2.24, 2.45) is 0 Å². The predicted molar refractivity (Wildman–Crippen MR) is 29.2 cm³/mol. The molecule has 0 aliphatic heterocycles. The van der Waals surface area contributed by atoms with E-state index in [0.29, 0.717) is 0 Å². The van der Waals surface area contributed by atoms with Gasteiger partial charge < -0.3 is 5.11 Å². The monoisotopic (exact) mass is 102 g/mol. The first kappa shape index (κ1) is 9.51. The third kappa shape index (κ3) is 1220. The highest BCUT2D eigenvalue weighted by Crippen LogP contribution is 1.66. The topological polar surface area (TPSA) is 37.3 Å². The van der Waals surface area contributed by atoms with E-state index in [1.807, 2.05) is 6.08 Å². The smallest absolute Gasteiger partial charge is 0.290 e. The number of hydrogen-bond donors (Lipinski definition) is 1. The number of hydrogen-bond acceptors (Lipinski definition) is 1. The van der Waals surface area contributed by atoms with Crippen molar-refractivity contribution in [1.29, 1.82) is 0 Å². The molecule has 0 aliphatic rings. The van der Waals surface area contributed by atoms with E-state index < -0.39 is 0 Å². The Morgan fingerprint density at radius 2 is 2.00 bits per heavy atom. The average Bonchev–Trinajstić information content (AvgIpc) is 1.69. The van der Waals surface area contributed by atoms with Crippen molar-refractivity contribution in [1.82, 2.24) is 0 Å². The van der Waals surface area contributed by atoms with Crippen LogP contribution in [0.3, 0.4) is 0 Å². The Morgan fingerprint density at radius 1 is 1.86 bits per heavy atom. The molecule has 0 aromatic carbocycles. The van der Waals surface area contributed by atoms with E-state index in [1.165, 1.54) is 0 Å². The third-order valence-corrected chi connectivity index (χ3v) is 0.289. The van der Waals surface area contributed by atoms with Gasteiger partial charge in [-0.25, -0.2) is 0 Å². The average molecular weight is 102 g/mol. The summed E-state index contributed by atoms with van der Waals surface area (Å²) in [6, 6.07) is 0. The second kappa shape index (κ2) is 18.9. The summed E-state index contributed by atoms with van der Waals surface area (Å²) in [4.78, 5) is 8.36. The summed E-state index contributed by atoms with van der Waals surface area (Å²) in [5.74, 6) is 0. The second-order valence-electron chi connectivity index (χ2n) is 0.802. The first-order valence-electron chi connectivity index (χ1n) is 2.02. The summed E-state index contributed by atoms with van der Waals surface area (Å²) in [5, 5.41) is 6.89. The highest BCUT2D eigenvalue weighted by Gasteiger charge is 1.45. The predicted octanol–water partition coefficient (Wildman–Crippen LogP) is 1.28. The lowest BCUT2D eigenvalue weighted by Gasteiger charge is -1.57. The molecule has 1 N–H and O–H groups in total. The first-order chi connectivity index (χ1) is 3.33. The summed E-state index contributed by atoms with van der Waals surface area (Å²) in [6.07, 6.45) is 2.96. The van der Waals surface area contributed by atoms with Gasteiger partial charge in [-0.3, -0.25) is 4.79 Å². The summed E-state index contributed by atoms with van der Waals surface area (Å²) < 4.78 is 0. The summed E-state index contributed by atoms with van der Waals surface area (Å²) in [7, 11) is 0. The van der Waals surface area contributed by atoms with Gasteiger partial charge in [0, 0.05) is 0 Å². The van der Waals surface area contributed by atoms with Crippen LogP contribution in [-0.2, 0) is 4.79 Å². The van der Waals surface area contributed by atoms with Crippen molar-refractivity contribution in [2.75, 3.05) is 0 Å². The van der Waals surface area contributed by atoms with Crippen LogP contribution in [0.1, 0.15) is 13.3 Å². The van der Waals surface area contributed by atoms with Crippen LogP contribution in [0.5, 0.6) is 0 Å². The second-order valence-corrected chi connectivity index (χ2v) is 0.802. The van der Waals surface area contributed by atoms with E-state index in [1.54, 1.807) is 0 Å². The van der Waals surface area contributed by atoms with Crippen LogP contribution in [0, 0.1) is 0 Å². The molecule has 2 heteroatoms. The van der Waals surface area contributed by atoms with Gasteiger partial charge in [0.25, 0.3) is 6.47 Å². The molecule has 0 aliphatic carbocycles. The molecule has 0 saturated heterocycles. The van der Waals surface area contributed by atoms with Crippen LogP contribution in [0.25, 0.3) is 0 Å². The van der Waals surface area contributed by atoms with Gasteiger partial charge in [0.2, 0.25) is 0 Å². The molecule has 0 aromatic rings.